The average molecular weight is 347 g/mol. The van der Waals surface area contributed by atoms with E-state index < -0.39 is 11.5 Å². The Morgan fingerprint density at radius 3 is 2.80 bits per heavy atom. The third-order valence-corrected chi connectivity index (χ3v) is 3.35. The number of ether oxygens (including phenoxy) is 2. The molecule has 0 aliphatic carbocycles. The minimum absolute atomic E-state index is 0.0382. The summed E-state index contributed by atoms with van der Waals surface area (Å²) in [6.45, 7) is 2.11. The predicted octanol–water partition coefficient (Wildman–Crippen LogP) is 1.78. The smallest absolute Gasteiger partial charge is 0.361 e. The van der Waals surface area contributed by atoms with Crippen LogP contribution in [0.15, 0.2) is 39.9 Å². The summed E-state index contributed by atoms with van der Waals surface area (Å²) in [5.74, 6) is -0.640. The average Bonchev–Trinajstić information content (AvgIpc) is 3.04. The standard InChI is InChI=1S/C16H14FN3O5/c1-2-23-16(22)13-12-14(25-19-13)18-9-20(15(12)21)7-8-24-11-5-3-10(17)4-6-11/h3-6,9H,2,7-8H2,1H3. The first kappa shape index (κ1) is 16.6. The zero-order valence-electron chi connectivity index (χ0n) is 13.3. The van der Waals surface area contributed by atoms with E-state index in [2.05, 4.69) is 10.1 Å². The summed E-state index contributed by atoms with van der Waals surface area (Å²) in [6, 6.07) is 5.52. The van der Waals surface area contributed by atoms with Crippen molar-refractivity contribution >= 4 is 17.1 Å². The van der Waals surface area contributed by atoms with E-state index in [0.29, 0.717) is 5.75 Å². The van der Waals surface area contributed by atoms with E-state index in [1.54, 1.807) is 6.92 Å². The first-order chi connectivity index (χ1) is 12.1. The normalized spacial score (nSPS) is 10.8. The number of esters is 1. The third kappa shape index (κ3) is 3.49. The Morgan fingerprint density at radius 2 is 2.08 bits per heavy atom. The van der Waals surface area contributed by atoms with E-state index >= 15 is 0 Å². The number of hydrogen-bond acceptors (Lipinski definition) is 7. The lowest BCUT2D eigenvalue weighted by molar-refractivity contribution is 0.0516. The number of rotatable bonds is 6. The van der Waals surface area contributed by atoms with Crippen LogP contribution in [-0.4, -0.2) is 33.9 Å². The molecule has 0 aliphatic rings. The van der Waals surface area contributed by atoms with Crippen LogP contribution in [0.2, 0.25) is 0 Å². The molecule has 0 amide bonds. The molecule has 0 atom stereocenters. The van der Waals surface area contributed by atoms with Crippen molar-refractivity contribution in [3.8, 4) is 5.75 Å². The molecule has 0 radical (unpaired) electrons. The summed E-state index contributed by atoms with van der Waals surface area (Å²) in [5, 5.41) is 3.52. The molecule has 0 fully saturated rings. The highest BCUT2D eigenvalue weighted by molar-refractivity contribution is 5.99. The molecule has 0 saturated heterocycles. The van der Waals surface area contributed by atoms with Crippen LogP contribution in [0.5, 0.6) is 5.75 Å². The van der Waals surface area contributed by atoms with Crippen molar-refractivity contribution in [2.24, 2.45) is 0 Å². The van der Waals surface area contributed by atoms with Crippen LogP contribution in [0.25, 0.3) is 11.1 Å². The minimum atomic E-state index is -0.750. The first-order valence-corrected chi connectivity index (χ1v) is 7.50. The van der Waals surface area contributed by atoms with Gasteiger partial charge in [0.2, 0.25) is 5.69 Å². The van der Waals surface area contributed by atoms with Crippen molar-refractivity contribution < 1.29 is 23.2 Å². The second-order valence-corrected chi connectivity index (χ2v) is 4.98. The van der Waals surface area contributed by atoms with Crippen LogP contribution in [0, 0.1) is 5.82 Å². The van der Waals surface area contributed by atoms with Crippen molar-refractivity contribution in [1.82, 2.24) is 14.7 Å². The summed E-state index contributed by atoms with van der Waals surface area (Å²) in [7, 11) is 0. The van der Waals surface area contributed by atoms with Gasteiger partial charge < -0.3 is 14.0 Å². The third-order valence-electron chi connectivity index (χ3n) is 3.35. The molecule has 0 unspecified atom stereocenters. The molecule has 8 nitrogen and oxygen atoms in total. The van der Waals surface area contributed by atoms with Gasteiger partial charge in [-0.05, 0) is 31.2 Å². The fraction of sp³-hybridized carbons (Fsp3) is 0.250. The van der Waals surface area contributed by atoms with Gasteiger partial charge in [0.1, 0.15) is 29.9 Å². The number of carbonyl (C=O) groups excluding carboxylic acids is 1. The van der Waals surface area contributed by atoms with Crippen LogP contribution in [0.3, 0.4) is 0 Å². The fourth-order valence-corrected chi connectivity index (χ4v) is 2.17. The maximum absolute atomic E-state index is 12.8. The summed E-state index contributed by atoms with van der Waals surface area (Å²) >= 11 is 0. The number of carbonyl (C=O) groups is 1. The SMILES string of the molecule is CCOC(=O)c1noc2ncn(CCOc3ccc(F)cc3)c(=O)c12. The van der Waals surface area contributed by atoms with Gasteiger partial charge in [0.25, 0.3) is 11.3 Å². The van der Waals surface area contributed by atoms with Crippen LogP contribution >= 0.6 is 0 Å². The highest BCUT2D eigenvalue weighted by Gasteiger charge is 2.22. The molecule has 2 aromatic heterocycles. The summed E-state index contributed by atoms with van der Waals surface area (Å²) in [5.41, 5.74) is -0.732. The Morgan fingerprint density at radius 1 is 1.32 bits per heavy atom. The van der Waals surface area contributed by atoms with Gasteiger partial charge in [-0.25, -0.2) is 14.2 Å². The van der Waals surface area contributed by atoms with Gasteiger partial charge in [0, 0.05) is 0 Å². The van der Waals surface area contributed by atoms with E-state index in [1.165, 1.54) is 35.2 Å². The molecule has 25 heavy (non-hydrogen) atoms. The molecule has 0 aliphatic heterocycles. The summed E-state index contributed by atoms with van der Waals surface area (Å²) < 4.78 is 29.3. The second kappa shape index (κ2) is 7.12. The molecular weight excluding hydrogens is 333 g/mol. The maximum Gasteiger partial charge on any atom is 0.361 e. The number of halogens is 1. The van der Waals surface area contributed by atoms with Gasteiger partial charge in [0.15, 0.2) is 0 Å². The first-order valence-electron chi connectivity index (χ1n) is 7.50. The summed E-state index contributed by atoms with van der Waals surface area (Å²) in [6.07, 6.45) is 1.28. The second-order valence-electron chi connectivity index (χ2n) is 4.98. The zero-order valence-corrected chi connectivity index (χ0v) is 13.3. The van der Waals surface area contributed by atoms with E-state index in [1.807, 2.05) is 0 Å². The van der Waals surface area contributed by atoms with Crippen LogP contribution < -0.4 is 10.3 Å². The fourth-order valence-electron chi connectivity index (χ4n) is 2.17. The van der Waals surface area contributed by atoms with E-state index in [4.69, 9.17) is 14.0 Å². The Labute approximate surface area is 140 Å². The maximum atomic E-state index is 12.8. The molecule has 1 aromatic carbocycles. The molecule has 130 valence electrons. The van der Waals surface area contributed by atoms with E-state index in [-0.39, 0.29) is 42.4 Å². The topological polar surface area (TPSA) is 96.5 Å². The predicted molar refractivity (Wildman–Crippen MR) is 83.9 cm³/mol. The van der Waals surface area contributed by atoms with Gasteiger partial charge in [-0.3, -0.25) is 9.36 Å². The Balaban J connectivity index is 1.78. The van der Waals surface area contributed by atoms with Crippen molar-refractivity contribution in [1.29, 1.82) is 0 Å². The Hall–Kier alpha value is -3.23. The van der Waals surface area contributed by atoms with E-state index in [0.717, 1.165) is 0 Å². The number of fused-ring (bicyclic) bond motifs is 1. The zero-order chi connectivity index (χ0) is 17.8. The molecule has 2 heterocycles. The molecule has 9 heteroatoms. The Kier molecular flexibility index (Phi) is 4.73. The largest absolute Gasteiger partial charge is 0.492 e. The van der Waals surface area contributed by atoms with Crippen LogP contribution in [0.1, 0.15) is 17.4 Å². The monoisotopic (exact) mass is 347 g/mol. The van der Waals surface area contributed by atoms with Crippen molar-refractivity contribution in [3.05, 3.63) is 52.5 Å². The van der Waals surface area contributed by atoms with Gasteiger partial charge >= 0.3 is 5.97 Å². The number of aromatic nitrogens is 3. The molecule has 3 aromatic rings. The van der Waals surface area contributed by atoms with Crippen molar-refractivity contribution in [3.63, 3.8) is 0 Å². The van der Waals surface area contributed by atoms with E-state index in [9.17, 15) is 14.0 Å². The lowest BCUT2D eigenvalue weighted by Gasteiger charge is -2.07. The van der Waals surface area contributed by atoms with Crippen molar-refractivity contribution in [2.75, 3.05) is 13.2 Å². The van der Waals surface area contributed by atoms with Crippen LogP contribution in [0.4, 0.5) is 4.39 Å². The molecular formula is C16H14FN3O5. The number of nitrogens with zero attached hydrogens (tertiary/aromatic N) is 3. The minimum Gasteiger partial charge on any atom is -0.492 e. The van der Waals surface area contributed by atoms with Crippen molar-refractivity contribution in [2.45, 2.75) is 13.5 Å². The van der Waals surface area contributed by atoms with Gasteiger partial charge in [-0.15, -0.1) is 0 Å². The van der Waals surface area contributed by atoms with Gasteiger partial charge in [-0.1, -0.05) is 5.16 Å². The Bertz CT molecular complexity index is 949. The number of benzene rings is 1. The molecule has 3 rings (SSSR count). The van der Waals surface area contributed by atoms with Gasteiger partial charge in [-0.2, -0.15) is 0 Å². The molecule has 0 bridgehead atoms. The van der Waals surface area contributed by atoms with Gasteiger partial charge in [0.05, 0.1) is 13.2 Å². The summed E-state index contributed by atoms with van der Waals surface area (Å²) in [4.78, 5) is 28.3. The molecule has 0 spiro atoms. The van der Waals surface area contributed by atoms with Crippen LogP contribution in [-0.2, 0) is 11.3 Å². The highest BCUT2D eigenvalue weighted by Crippen LogP contribution is 2.13. The molecule has 0 N–H and O–H groups in total. The molecule has 0 saturated carbocycles. The number of hydrogen-bond donors (Lipinski definition) is 0. The lowest BCUT2D eigenvalue weighted by atomic mass is 10.3. The lowest BCUT2D eigenvalue weighted by Crippen LogP contribution is -2.24. The highest BCUT2D eigenvalue weighted by atomic mass is 19.1. The quantitative estimate of drug-likeness (QED) is 0.627.